The van der Waals surface area contributed by atoms with Crippen molar-refractivity contribution in [2.75, 3.05) is 18.3 Å². The molecule has 0 atom stereocenters. The van der Waals surface area contributed by atoms with Crippen LogP contribution >= 0.6 is 0 Å². The highest BCUT2D eigenvalue weighted by Gasteiger charge is 2.24. The molecule has 1 heterocycles. The molecule has 2 aromatic carbocycles. The lowest BCUT2D eigenvalue weighted by Crippen LogP contribution is -2.19. The van der Waals surface area contributed by atoms with Gasteiger partial charge < -0.3 is 21.0 Å². The number of nitrogens with two attached hydrogens (primary N) is 1. The number of hydrogen-bond acceptors (Lipinski definition) is 5. The number of carbonyl (C=O) groups is 2. The fraction of sp³-hybridized carbons (Fsp3) is 0.227. The third kappa shape index (κ3) is 4.66. The first-order valence-electron chi connectivity index (χ1n) is 9.55. The third-order valence-corrected chi connectivity index (χ3v) is 4.69. The molecule has 8 nitrogen and oxygen atoms in total. The second-order valence-corrected chi connectivity index (χ2v) is 7.26. The standard InChI is InChI=1S/C22H23FN4O4/c1-12(2)21-26-19(20(22(29)30)27(21)24)14-6-4-13(5-7-14)10-18(28)25-16-11-15(23)8-9-17(16)31-3/h4-9,11-12H,10,24H2,1-3H3,(H,25,28)(H,29,30). The molecule has 1 amide bonds. The number of halogens is 1. The van der Waals surface area contributed by atoms with Gasteiger partial charge in [0.05, 0.1) is 19.2 Å². The van der Waals surface area contributed by atoms with Crippen molar-refractivity contribution in [1.29, 1.82) is 0 Å². The molecule has 0 saturated carbocycles. The van der Waals surface area contributed by atoms with E-state index in [0.717, 1.165) is 4.68 Å². The predicted octanol–water partition coefficient (Wildman–Crippen LogP) is 3.41. The molecular formula is C22H23FN4O4. The van der Waals surface area contributed by atoms with E-state index in [9.17, 15) is 19.1 Å². The number of benzene rings is 2. The summed E-state index contributed by atoms with van der Waals surface area (Å²) in [4.78, 5) is 28.5. The van der Waals surface area contributed by atoms with Crippen molar-refractivity contribution < 1.29 is 23.8 Å². The van der Waals surface area contributed by atoms with Crippen molar-refractivity contribution in [3.05, 3.63) is 65.4 Å². The van der Waals surface area contributed by atoms with E-state index in [1.807, 2.05) is 13.8 Å². The van der Waals surface area contributed by atoms with E-state index in [4.69, 9.17) is 10.6 Å². The van der Waals surface area contributed by atoms with E-state index >= 15 is 0 Å². The maximum Gasteiger partial charge on any atom is 0.356 e. The molecule has 3 aromatic rings. The van der Waals surface area contributed by atoms with Gasteiger partial charge in [0.1, 0.15) is 23.1 Å². The zero-order valence-corrected chi connectivity index (χ0v) is 17.3. The van der Waals surface area contributed by atoms with Crippen LogP contribution in [0.2, 0.25) is 0 Å². The number of methoxy groups -OCH3 is 1. The van der Waals surface area contributed by atoms with E-state index < -0.39 is 11.8 Å². The van der Waals surface area contributed by atoms with Crippen LogP contribution in [0.5, 0.6) is 5.75 Å². The zero-order chi connectivity index (χ0) is 22.7. The average Bonchev–Trinajstić information content (AvgIpc) is 3.06. The second kappa shape index (κ2) is 8.86. The molecule has 31 heavy (non-hydrogen) atoms. The Kier molecular flexibility index (Phi) is 6.24. The van der Waals surface area contributed by atoms with E-state index in [1.54, 1.807) is 24.3 Å². The maximum atomic E-state index is 13.5. The van der Waals surface area contributed by atoms with Crippen LogP contribution in [0.25, 0.3) is 11.3 Å². The highest BCUT2D eigenvalue weighted by Crippen LogP contribution is 2.27. The number of nitrogens with one attached hydrogen (secondary N) is 1. The van der Waals surface area contributed by atoms with Crippen LogP contribution in [0.3, 0.4) is 0 Å². The molecule has 0 bridgehead atoms. The molecule has 162 valence electrons. The summed E-state index contributed by atoms with van der Waals surface area (Å²) in [5.74, 6) is 4.67. The SMILES string of the molecule is COc1ccc(F)cc1NC(=O)Cc1ccc(-c2nc(C(C)C)n(N)c2C(=O)O)cc1. The quantitative estimate of drug-likeness (QED) is 0.498. The molecule has 9 heteroatoms. The zero-order valence-electron chi connectivity index (χ0n) is 17.3. The first-order valence-corrected chi connectivity index (χ1v) is 9.55. The third-order valence-electron chi connectivity index (χ3n) is 4.69. The Morgan fingerprint density at radius 3 is 2.48 bits per heavy atom. The lowest BCUT2D eigenvalue weighted by Gasteiger charge is -2.10. The summed E-state index contributed by atoms with van der Waals surface area (Å²) in [5, 5.41) is 12.2. The topological polar surface area (TPSA) is 119 Å². The Balaban J connectivity index is 1.80. The average molecular weight is 426 g/mol. The summed E-state index contributed by atoms with van der Waals surface area (Å²) in [6, 6.07) is 10.6. The van der Waals surface area contributed by atoms with E-state index in [0.29, 0.717) is 22.7 Å². The van der Waals surface area contributed by atoms with Crippen molar-refractivity contribution >= 4 is 17.6 Å². The number of rotatable bonds is 7. The van der Waals surface area contributed by atoms with Crippen LogP contribution in [-0.2, 0) is 11.2 Å². The number of ether oxygens (including phenoxy) is 1. The van der Waals surface area contributed by atoms with Gasteiger partial charge in [0.15, 0.2) is 5.69 Å². The number of nitrogen functional groups attached to an aromatic ring is 1. The number of aromatic nitrogens is 2. The van der Waals surface area contributed by atoms with Crippen molar-refractivity contribution in [1.82, 2.24) is 9.66 Å². The number of carbonyl (C=O) groups excluding carboxylic acids is 1. The Bertz CT molecular complexity index is 1120. The molecule has 1 aromatic heterocycles. The summed E-state index contributed by atoms with van der Waals surface area (Å²) >= 11 is 0. The van der Waals surface area contributed by atoms with Crippen LogP contribution in [0.15, 0.2) is 42.5 Å². The van der Waals surface area contributed by atoms with Crippen LogP contribution in [-0.4, -0.2) is 33.8 Å². The molecule has 0 fully saturated rings. The van der Waals surface area contributed by atoms with E-state index in [2.05, 4.69) is 10.3 Å². The summed E-state index contributed by atoms with van der Waals surface area (Å²) in [6.45, 7) is 3.74. The van der Waals surface area contributed by atoms with Crippen molar-refractivity contribution in [2.24, 2.45) is 0 Å². The number of nitrogens with zero attached hydrogens (tertiary/aromatic N) is 2. The molecule has 0 aliphatic rings. The summed E-state index contributed by atoms with van der Waals surface area (Å²) in [6.07, 6.45) is 0.0360. The van der Waals surface area contributed by atoms with Crippen LogP contribution < -0.4 is 15.9 Å². The Morgan fingerprint density at radius 1 is 1.23 bits per heavy atom. The Labute approximate surface area is 178 Å². The fourth-order valence-corrected chi connectivity index (χ4v) is 3.20. The van der Waals surface area contributed by atoms with Gasteiger partial charge in [-0.25, -0.2) is 18.8 Å². The minimum Gasteiger partial charge on any atom is -0.495 e. The van der Waals surface area contributed by atoms with Gasteiger partial charge in [0.25, 0.3) is 0 Å². The summed E-state index contributed by atoms with van der Waals surface area (Å²) in [7, 11) is 1.43. The van der Waals surface area contributed by atoms with Crippen molar-refractivity contribution in [3.8, 4) is 17.0 Å². The summed E-state index contributed by atoms with van der Waals surface area (Å²) in [5.41, 5.74) is 1.65. The number of carboxylic acid groups (broad SMARTS) is 1. The number of aromatic carboxylic acids is 1. The van der Waals surface area contributed by atoms with Gasteiger partial charge in [0.2, 0.25) is 5.91 Å². The molecule has 0 radical (unpaired) electrons. The second-order valence-electron chi connectivity index (χ2n) is 7.26. The number of imidazole rings is 1. The monoisotopic (exact) mass is 426 g/mol. The number of anilines is 1. The first-order chi connectivity index (χ1) is 14.7. The largest absolute Gasteiger partial charge is 0.495 e. The van der Waals surface area contributed by atoms with Gasteiger partial charge in [-0.15, -0.1) is 0 Å². The van der Waals surface area contributed by atoms with Gasteiger partial charge in [-0.2, -0.15) is 0 Å². The maximum absolute atomic E-state index is 13.5. The summed E-state index contributed by atoms with van der Waals surface area (Å²) < 4.78 is 19.7. The highest BCUT2D eigenvalue weighted by molar-refractivity contribution is 5.94. The normalized spacial score (nSPS) is 10.9. The van der Waals surface area contributed by atoms with Gasteiger partial charge in [-0.1, -0.05) is 38.1 Å². The van der Waals surface area contributed by atoms with Crippen molar-refractivity contribution in [3.63, 3.8) is 0 Å². The Morgan fingerprint density at radius 2 is 1.90 bits per heavy atom. The fourth-order valence-electron chi connectivity index (χ4n) is 3.20. The molecule has 3 rings (SSSR count). The van der Waals surface area contributed by atoms with E-state index in [1.165, 1.54) is 25.3 Å². The Hall–Kier alpha value is -3.88. The first kappa shape index (κ1) is 21.8. The molecule has 0 aliphatic carbocycles. The molecule has 4 N–H and O–H groups in total. The van der Waals surface area contributed by atoms with Gasteiger partial charge in [0, 0.05) is 17.5 Å². The number of carboxylic acids is 1. The molecule has 0 saturated heterocycles. The minimum absolute atomic E-state index is 0.0360. The molecule has 0 aliphatic heterocycles. The molecule has 0 unspecified atom stereocenters. The van der Waals surface area contributed by atoms with Crippen LogP contribution in [0.4, 0.5) is 10.1 Å². The van der Waals surface area contributed by atoms with Crippen LogP contribution in [0, 0.1) is 5.82 Å². The van der Waals surface area contributed by atoms with E-state index in [-0.39, 0.29) is 35.3 Å². The number of hydrogen-bond donors (Lipinski definition) is 3. The smallest absolute Gasteiger partial charge is 0.356 e. The van der Waals surface area contributed by atoms with Gasteiger partial charge in [-0.05, 0) is 17.7 Å². The minimum atomic E-state index is -1.18. The highest BCUT2D eigenvalue weighted by atomic mass is 19.1. The predicted molar refractivity (Wildman–Crippen MR) is 114 cm³/mol. The van der Waals surface area contributed by atoms with Crippen LogP contribution in [0.1, 0.15) is 41.6 Å². The molecule has 0 spiro atoms. The van der Waals surface area contributed by atoms with Crippen molar-refractivity contribution in [2.45, 2.75) is 26.2 Å². The van der Waals surface area contributed by atoms with Gasteiger partial charge >= 0.3 is 5.97 Å². The lowest BCUT2D eigenvalue weighted by atomic mass is 10.1. The molecular weight excluding hydrogens is 403 g/mol. The van der Waals surface area contributed by atoms with Gasteiger partial charge in [-0.3, -0.25) is 4.79 Å². The lowest BCUT2D eigenvalue weighted by molar-refractivity contribution is -0.115. The number of amides is 1.